The molecule has 3 nitrogen and oxygen atoms in total. The Balaban J connectivity index is 1.63. The molecule has 5 aromatic rings. The summed E-state index contributed by atoms with van der Waals surface area (Å²) < 4.78 is 2.35. The van der Waals surface area contributed by atoms with Crippen LogP contribution in [0.25, 0.3) is 32.3 Å². The second-order valence-corrected chi connectivity index (χ2v) is 9.59. The fourth-order valence-electron chi connectivity index (χ4n) is 5.87. The van der Waals surface area contributed by atoms with Crippen molar-refractivity contribution in [3.63, 3.8) is 0 Å². The largest absolute Gasteiger partial charge is 0.309 e. The Morgan fingerprint density at radius 2 is 1.50 bits per heavy atom. The molecule has 0 saturated heterocycles. The van der Waals surface area contributed by atoms with Gasteiger partial charge in [0.25, 0.3) is 0 Å². The molecule has 1 aliphatic carbocycles. The Morgan fingerprint density at radius 1 is 0.853 bits per heavy atom. The molecule has 0 bridgehead atoms. The molecule has 0 amide bonds. The molecule has 0 aliphatic heterocycles. The fraction of sp³-hybridized carbons (Fsp3) is 0.161. The predicted octanol–water partition coefficient (Wildman–Crippen LogP) is 7.63. The van der Waals surface area contributed by atoms with Gasteiger partial charge in [-0.2, -0.15) is 5.26 Å². The number of benzene rings is 4. The maximum Gasteiger partial charge on any atom is 0.192 e. The zero-order valence-corrected chi connectivity index (χ0v) is 19.3. The first-order chi connectivity index (χ1) is 16.5. The van der Waals surface area contributed by atoms with Crippen LogP contribution < -0.4 is 0 Å². The quantitative estimate of drug-likeness (QED) is 0.248. The van der Waals surface area contributed by atoms with Gasteiger partial charge in [0.2, 0.25) is 0 Å². The number of para-hydroxylation sites is 2. The molecule has 0 fully saturated rings. The van der Waals surface area contributed by atoms with Gasteiger partial charge in [0.05, 0.1) is 23.7 Å². The number of nitriles is 1. The molecule has 0 N–H and O–H groups in total. The van der Waals surface area contributed by atoms with Gasteiger partial charge in [-0.15, -0.1) is 0 Å². The highest BCUT2D eigenvalue weighted by molar-refractivity contribution is 6.09. The Hall–Kier alpha value is -4.34. The van der Waals surface area contributed by atoms with E-state index in [1.165, 1.54) is 32.9 Å². The van der Waals surface area contributed by atoms with Crippen molar-refractivity contribution < 1.29 is 0 Å². The van der Waals surface area contributed by atoms with Crippen molar-refractivity contribution in [1.29, 1.82) is 5.26 Å². The average Bonchev–Trinajstić information content (AvgIpc) is 3.15. The van der Waals surface area contributed by atoms with Gasteiger partial charge >= 0.3 is 0 Å². The zero-order chi connectivity index (χ0) is 23.4. The summed E-state index contributed by atoms with van der Waals surface area (Å²) in [5, 5.41) is 12.0. The first-order valence-corrected chi connectivity index (χ1v) is 11.6. The van der Waals surface area contributed by atoms with Crippen LogP contribution in [-0.4, -0.2) is 4.57 Å². The highest BCUT2D eigenvalue weighted by Gasteiger charge is 2.33. The Labute approximate surface area is 199 Å². The smallest absolute Gasteiger partial charge is 0.192 e. The summed E-state index contributed by atoms with van der Waals surface area (Å²) in [6.45, 7) is 12.3. The van der Waals surface area contributed by atoms with Crippen molar-refractivity contribution in [2.75, 3.05) is 0 Å². The average molecular weight is 438 g/mol. The number of fused-ring (bicyclic) bond motifs is 5. The van der Waals surface area contributed by atoms with E-state index in [0.717, 1.165) is 29.7 Å². The molecule has 3 heteroatoms. The van der Waals surface area contributed by atoms with Crippen LogP contribution in [0, 0.1) is 17.9 Å². The molecule has 0 unspecified atom stereocenters. The first-order valence-electron chi connectivity index (χ1n) is 11.6. The number of rotatable bonds is 1. The second-order valence-electron chi connectivity index (χ2n) is 9.59. The minimum atomic E-state index is -0.357. The van der Waals surface area contributed by atoms with Crippen molar-refractivity contribution in [3.8, 4) is 11.8 Å². The third-order valence-corrected chi connectivity index (χ3v) is 7.34. The number of hydrogen-bond acceptors (Lipinski definition) is 1. The number of hydrogen-bond donors (Lipinski definition) is 0. The Morgan fingerprint density at radius 3 is 2.15 bits per heavy atom. The van der Waals surface area contributed by atoms with Crippen molar-refractivity contribution in [2.45, 2.75) is 32.1 Å². The third kappa shape index (κ3) is 2.81. The minimum absolute atomic E-state index is 0.357. The highest BCUT2D eigenvalue weighted by atomic mass is 15.0. The summed E-state index contributed by atoms with van der Waals surface area (Å²) in [7, 11) is 0. The molecule has 162 valence electrons. The number of nitrogens with zero attached hydrogens (tertiary/aromatic N) is 3. The van der Waals surface area contributed by atoms with Gasteiger partial charge in [-0.05, 0) is 65.9 Å². The molecule has 1 aliphatic rings. The van der Waals surface area contributed by atoms with E-state index < -0.39 is 0 Å². The molecule has 1 aromatic heterocycles. The lowest BCUT2D eigenvalue weighted by Gasteiger charge is -2.30. The molecule has 34 heavy (non-hydrogen) atoms. The lowest BCUT2D eigenvalue weighted by molar-refractivity contribution is 0.639. The van der Waals surface area contributed by atoms with Crippen molar-refractivity contribution in [1.82, 2.24) is 4.57 Å². The standard InChI is InChI=1S/C31H23N3/c1-31(2)26-18-23(34-28-10-6-4-8-24(28)25-9-5-7-11-29(25)34)15-14-21(26)12-13-22-16-20(19-32)17-27(33-3)30(22)31/h4-11,14-18H,12-13H2,1-2H3. The SMILES string of the molecule is [C-]#[N+]c1cc(C#N)cc2c1C(C)(C)c1cc(-n3c4ccccc4c4ccccc43)ccc1CC2. The third-order valence-electron chi connectivity index (χ3n) is 7.34. The van der Waals surface area contributed by atoms with E-state index in [1.807, 2.05) is 6.07 Å². The summed E-state index contributed by atoms with van der Waals surface area (Å²) in [6.07, 6.45) is 1.73. The molecule has 1 heterocycles. The Kier molecular flexibility index (Phi) is 4.38. The fourth-order valence-corrected chi connectivity index (χ4v) is 5.87. The van der Waals surface area contributed by atoms with Gasteiger partial charge in [0, 0.05) is 27.4 Å². The minimum Gasteiger partial charge on any atom is -0.309 e. The molecule has 0 radical (unpaired) electrons. The highest BCUT2D eigenvalue weighted by Crippen LogP contribution is 2.45. The molecule has 4 aromatic carbocycles. The number of aromatic nitrogens is 1. The van der Waals surface area contributed by atoms with Gasteiger partial charge in [-0.1, -0.05) is 61.9 Å². The molecule has 0 saturated carbocycles. The van der Waals surface area contributed by atoms with Crippen LogP contribution in [0.2, 0.25) is 0 Å². The first kappa shape index (κ1) is 20.3. The topological polar surface area (TPSA) is 33.1 Å². The maximum atomic E-state index is 9.49. The summed E-state index contributed by atoms with van der Waals surface area (Å²) in [4.78, 5) is 3.85. The van der Waals surface area contributed by atoms with Gasteiger partial charge in [-0.3, -0.25) is 0 Å². The lowest BCUT2D eigenvalue weighted by Crippen LogP contribution is -2.21. The van der Waals surface area contributed by atoms with E-state index in [2.05, 4.69) is 96.1 Å². The monoisotopic (exact) mass is 437 g/mol. The maximum absolute atomic E-state index is 9.49. The molecular weight excluding hydrogens is 414 g/mol. The van der Waals surface area contributed by atoms with E-state index in [9.17, 15) is 5.26 Å². The van der Waals surface area contributed by atoms with Crippen LogP contribution in [0.15, 0.2) is 78.9 Å². The van der Waals surface area contributed by atoms with Crippen LogP contribution in [0.1, 0.15) is 41.7 Å². The van der Waals surface area contributed by atoms with E-state index in [0.29, 0.717) is 11.3 Å². The van der Waals surface area contributed by atoms with E-state index in [-0.39, 0.29) is 5.41 Å². The van der Waals surface area contributed by atoms with Crippen LogP contribution >= 0.6 is 0 Å². The summed E-state index contributed by atoms with van der Waals surface area (Å²) in [5.74, 6) is 0. The summed E-state index contributed by atoms with van der Waals surface area (Å²) in [5.41, 5.74) is 9.04. The van der Waals surface area contributed by atoms with Crippen molar-refractivity contribution in [3.05, 3.63) is 118 Å². The van der Waals surface area contributed by atoms with Crippen molar-refractivity contribution >= 4 is 27.5 Å². The van der Waals surface area contributed by atoms with Gasteiger partial charge in [0.15, 0.2) is 5.69 Å². The predicted molar refractivity (Wildman–Crippen MR) is 138 cm³/mol. The van der Waals surface area contributed by atoms with E-state index in [4.69, 9.17) is 6.57 Å². The molecule has 6 rings (SSSR count). The normalized spacial score (nSPS) is 14.1. The van der Waals surface area contributed by atoms with Gasteiger partial charge in [-0.25, -0.2) is 4.85 Å². The summed E-state index contributed by atoms with van der Waals surface area (Å²) in [6, 6.07) is 29.9. The summed E-state index contributed by atoms with van der Waals surface area (Å²) >= 11 is 0. The van der Waals surface area contributed by atoms with Gasteiger partial charge < -0.3 is 4.57 Å². The van der Waals surface area contributed by atoms with E-state index in [1.54, 1.807) is 6.07 Å². The zero-order valence-electron chi connectivity index (χ0n) is 19.3. The number of aryl methyl sites for hydroxylation is 2. The lowest BCUT2D eigenvalue weighted by atomic mass is 9.74. The van der Waals surface area contributed by atoms with Crippen LogP contribution in [0.4, 0.5) is 5.69 Å². The van der Waals surface area contributed by atoms with Crippen molar-refractivity contribution in [2.24, 2.45) is 0 Å². The molecule has 0 spiro atoms. The van der Waals surface area contributed by atoms with Crippen LogP contribution in [0.3, 0.4) is 0 Å². The van der Waals surface area contributed by atoms with Gasteiger partial charge in [0.1, 0.15) is 0 Å². The Bertz CT molecular complexity index is 1650. The molecule has 0 atom stereocenters. The van der Waals surface area contributed by atoms with Crippen LogP contribution in [-0.2, 0) is 18.3 Å². The molecular formula is C31H23N3. The van der Waals surface area contributed by atoms with Crippen LogP contribution in [0.5, 0.6) is 0 Å². The van der Waals surface area contributed by atoms with E-state index >= 15 is 0 Å². The second kappa shape index (κ2) is 7.34.